The van der Waals surface area contributed by atoms with Gasteiger partial charge in [-0.3, -0.25) is 0 Å². The smallest absolute Gasteiger partial charge is 0.0777 e. The molecule has 0 heterocycles. The van der Waals surface area contributed by atoms with Gasteiger partial charge in [0, 0.05) is 6.61 Å². The van der Waals surface area contributed by atoms with Gasteiger partial charge < -0.3 is 9.84 Å². The van der Waals surface area contributed by atoms with Gasteiger partial charge in [0.25, 0.3) is 0 Å². The van der Waals surface area contributed by atoms with E-state index in [0.717, 1.165) is 19.4 Å². The Hall–Kier alpha value is -0.0800. The summed E-state index contributed by atoms with van der Waals surface area (Å²) < 4.78 is 5.39. The Balaban J connectivity index is 3.34. The molecule has 11 heavy (non-hydrogen) atoms. The molecule has 0 bridgehead atoms. The molecule has 2 nitrogen and oxygen atoms in total. The minimum absolute atomic E-state index is 0.00407. The monoisotopic (exact) mass is 160 g/mol. The number of ether oxygens (including phenoxy) is 1. The average molecular weight is 160 g/mol. The molecule has 0 aromatic heterocycles. The van der Waals surface area contributed by atoms with E-state index in [1.165, 1.54) is 0 Å². The Bertz CT molecular complexity index is 79.6. The first-order valence-electron chi connectivity index (χ1n) is 4.47. The second kappa shape index (κ2) is 6.62. The molecule has 1 atom stereocenters. The van der Waals surface area contributed by atoms with E-state index < -0.39 is 0 Å². The number of rotatable bonds is 6. The third kappa shape index (κ3) is 5.22. The highest BCUT2D eigenvalue weighted by Crippen LogP contribution is 2.08. The van der Waals surface area contributed by atoms with Crippen LogP contribution in [0.5, 0.6) is 0 Å². The topological polar surface area (TPSA) is 29.5 Å². The first-order valence-corrected chi connectivity index (χ1v) is 4.47. The van der Waals surface area contributed by atoms with Crippen LogP contribution in [-0.2, 0) is 4.74 Å². The van der Waals surface area contributed by atoms with Gasteiger partial charge >= 0.3 is 0 Å². The van der Waals surface area contributed by atoms with Crippen LogP contribution < -0.4 is 0 Å². The summed E-state index contributed by atoms with van der Waals surface area (Å²) in [5.74, 6) is 0.656. The van der Waals surface area contributed by atoms with Crippen molar-refractivity contribution in [3.05, 3.63) is 0 Å². The highest BCUT2D eigenvalue weighted by Gasteiger charge is 2.05. The zero-order chi connectivity index (χ0) is 8.69. The van der Waals surface area contributed by atoms with E-state index in [2.05, 4.69) is 13.8 Å². The van der Waals surface area contributed by atoms with Gasteiger partial charge in [0.05, 0.1) is 12.7 Å². The quantitative estimate of drug-likeness (QED) is 0.642. The van der Waals surface area contributed by atoms with Gasteiger partial charge in [0.1, 0.15) is 0 Å². The standard InChI is InChI=1S/C9H20O2/c1-4-9(5-2)7-11-8(3)6-10/h8-10H,4-7H2,1-3H3. The van der Waals surface area contributed by atoms with Crippen LogP contribution in [0, 0.1) is 5.92 Å². The van der Waals surface area contributed by atoms with E-state index in [0.29, 0.717) is 5.92 Å². The molecule has 0 aromatic rings. The second-order valence-corrected chi connectivity index (χ2v) is 3.01. The van der Waals surface area contributed by atoms with Gasteiger partial charge in [-0.2, -0.15) is 0 Å². The third-order valence-electron chi connectivity index (χ3n) is 2.03. The van der Waals surface area contributed by atoms with Crippen LogP contribution >= 0.6 is 0 Å². The van der Waals surface area contributed by atoms with Gasteiger partial charge in [0.2, 0.25) is 0 Å². The normalized spacial score (nSPS) is 13.9. The van der Waals surface area contributed by atoms with Crippen LogP contribution in [0.4, 0.5) is 0 Å². The summed E-state index contributed by atoms with van der Waals surface area (Å²) in [6.45, 7) is 7.14. The Labute approximate surface area is 69.6 Å². The van der Waals surface area contributed by atoms with Crippen LogP contribution in [0.1, 0.15) is 33.6 Å². The van der Waals surface area contributed by atoms with Gasteiger partial charge in [-0.15, -0.1) is 0 Å². The van der Waals surface area contributed by atoms with Gasteiger partial charge in [-0.1, -0.05) is 26.7 Å². The molecular weight excluding hydrogens is 140 g/mol. The third-order valence-corrected chi connectivity index (χ3v) is 2.03. The van der Waals surface area contributed by atoms with Crippen molar-refractivity contribution < 1.29 is 9.84 Å². The van der Waals surface area contributed by atoms with Crippen molar-refractivity contribution in [3.8, 4) is 0 Å². The SMILES string of the molecule is CCC(CC)COC(C)CO. The molecule has 0 saturated carbocycles. The summed E-state index contributed by atoms with van der Waals surface area (Å²) in [5, 5.41) is 8.67. The highest BCUT2D eigenvalue weighted by atomic mass is 16.5. The summed E-state index contributed by atoms with van der Waals surface area (Å²) in [7, 11) is 0. The molecule has 0 aromatic carbocycles. The van der Waals surface area contributed by atoms with Crippen LogP contribution in [0.25, 0.3) is 0 Å². The van der Waals surface area contributed by atoms with Crippen molar-refractivity contribution in [2.45, 2.75) is 39.7 Å². The van der Waals surface area contributed by atoms with E-state index in [9.17, 15) is 0 Å². The summed E-state index contributed by atoms with van der Waals surface area (Å²) in [6.07, 6.45) is 2.32. The number of hydrogen-bond acceptors (Lipinski definition) is 2. The predicted molar refractivity (Wildman–Crippen MR) is 46.6 cm³/mol. The summed E-state index contributed by atoms with van der Waals surface area (Å²) in [6, 6.07) is 0. The molecule has 1 unspecified atom stereocenters. The molecule has 2 heteroatoms. The number of aliphatic hydroxyl groups excluding tert-OH is 1. The minimum atomic E-state index is -0.00407. The molecule has 0 amide bonds. The summed E-state index contributed by atoms with van der Waals surface area (Å²) in [5.41, 5.74) is 0. The Morgan fingerprint density at radius 3 is 2.18 bits per heavy atom. The molecule has 0 fully saturated rings. The van der Waals surface area contributed by atoms with Crippen molar-refractivity contribution in [2.24, 2.45) is 5.92 Å². The second-order valence-electron chi connectivity index (χ2n) is 3.01. The van der Waals surface area contributed by atoms with E-state index in [1.54, 1.807) is 0 Å². The Morgan fingerprint density at radius 2 is 1.82 bits per heavy atom. The van der Waals surface area contributed by atoms with Crippen LogP contribution in [0.2, 0.25) is 0 Å². The molecular formula is C9H20O2. The lowest BCUT2D eigenvalue weighted by Gasteiger charge is -2.15. The zero-order valence-electron chi connectivity index (χ0n) is 7.84. The van der Waals surface area contributed by atoms with Crippen molar-refractivity contribution >= 4 is 0 Å². The van der Waals surface area contributed by atoms with Gasteiger partial charge in [0.15, 0.2) is 0 Å². The average Bonchev–Trinajstić information content (AvgIpc) is 2.06. The molecule has 0 saturated heterocycles. The van der Waals surface area contributed by atoms with E-state index in [4.69, 9.17) is 9.84 Å². The van der Waals surface area contributed by atoms with Crippen LogP contribution in [0.3, 0.4) is 0 Å². The fourth-order valence-electron chi connectivity index (χ4n) is 0.877. The van der Waals surface area contributed by atoms with Crippen molar-refractivity contribution in [1.82, 2.24) is 0 Å². The summed E-state index contributed by atoms with van der Waals surface area (Å²) in [4.78, 5) is 0. The fraction of sp³-hybridized carbons (Fsp3) is 1.00. The van der Waals surface area contributed by atoms with Crippen molar-refractivity contribution in [1.29, 1.82) is 0 Å². The number of hydrogen-bond donors (Lipinski definition) is 1. The lowest BCUT2D eigenvalue weighted by molar-refractivity contribution is 0.00500. The lowest BCUT2D eigenvalue weighted by Crippen LogP contribution is -2.18. The first-order chi connectivity index (χ1) is 5.24. The van der Waals surface area contributed by atoms with E-state index >= 15 is 0 Å². The van der Waals surface area contributed by atoms with Crippen molar-refractivity contribution in [3.63, 3.8) is 0 Å². The molecule has 0 spiro atoms. The van der Waals surface area contributed by atoms with Gasteiger partial charge in [-0.05, 0) is 12.8 Å². The summed E-state index contributed by atoms with van der Waals surface area (Å²) >= 11 is 0. The van der Waals surface area contributed by atoms with E-state index in [-0.39, 0.29) is 12.7 Å². The highest BCUT2D eigenvalue weighted by molar-refractivity contribution is 4.54. The lowest BCUT2D eigenvalue weighted by atomic mass is 10.1. The molecule has 0 aliphatic heterocycles. The largest absolute Gasteiger partial charge is 0.394 e. The maximum atomic E-state index is 8.67. The molecule has 0 rings (SSSR count). The zero-order valence-corrected chi connectivity index (χ0v) is 7.84. The fourth-order valence-corrected chi connectivity index (χ4v) is 0.877. The van der Waals surface area contributed by atoms with Crippen LogP contribution in [-0.4, -0.2) is 24.4 Å². The van der Waals surface area contributed by atoms with Gasteiger partial charge in [-0.25, -0.2) is 0 Å². The van der Waals surface area contributed by atoms with Crippen molar-refractivity contribution in [2.75, 3.05) is 13.2 Å². The molecule has 68 valence electrons. The maximum absolute atomic E-state index is 8.67. The molecule has 0 radical (unpaired) electrons. The maximum Gasteiger partial charge on any atom is 0.0777 e. The molecule has 0 aliphatic rings. The predicted octanol–water partition coefficient (Wildman–Crippen LogP) is 1.82. The van der Waals surface area contributed by atoms with Crippen LogP contribution in [0.15, 0.2) is 0 Å². The minimum Gasteiger partial charge on any atom is -0.394 e. The van der Waals surface area contributed by atoms with E-state index in [1.807, 2.05) is 6.92 Å². The first kappa shape index (κ1) is 10.9. The number of aliphatic hydroxyl groups is 1. The Kier molecular flexibility index (Phi) is 6.57. The Morgan fingerprint density at radius 1 is 1.27 bits per heavy atom. The molecule has 1 N–H and O–H groups in total. The molecule has 0 aliphatic carbocycles.